The summed E-state index contributed by atoms with van der Waals surface area (Å²) in [4.78, 5) is 38.8. The SMILES string of the molecule is COc1cc2c(c(OC)c1OC)-c1ccc(N[C@H](C)C(=O)NCC3COc4ccccc4O3)c(=O)cc1[C@H](NC(C)=O)CC2. The Balaban J connectivity index is 1.43. The molecule has 3 atom stereocenters. The average molecular weight is 604 g/mol. The topological polar surface area (TPSA) is 133 Å². The van der Waals surface area contributed by atoms with E-state index < -0.39 is 12.1 Å². The number of amides is 2. The van der Waals surface area contributed by atoms with Crippen molar-refractivity contribution in [2.24, 2.45) is 0 Å². The number of nitrogens with one attached hydrogen (secondary N) is 3. The number of carbonyl (C=O) groups excluding carboxylic acids is 2. The molecular formula is C33H37N3O8. The minimum absolute atomic E-state index is 0.215. The van der Waals surface area contributed by atoms with Gasteiger partial charge in [-0.25, -0.2) is 0 Å². The first kappa shape index (κ1) is 30.5. The van der Waals surface area contributed by atoms with Gasteiger partial charge in [0.05, 0.1) is 39.6 Å². The summed E-state index contributed by atoms with van der Waals surface area (Å²) in [6, 6.07) is 13.1. The number of hydrogen-bond donors (Lipinski definition) is 3. The molecule has 232 valence electrons. The van der Waals surface area contributed by atoms with Gasteiger partial charge in [-0.15, -0.1) is 0 Å². The van der Waals surface area contributed by atoms with Crippen LogP contribution >= 0.6 is 0 Å². The van der Waals surface area contributed by atoms with Crippen molar-refractivity contribution in [2.75, 3.05) is 39.8 Å². The molecule has 0 saturated heterocycles. The van der Waals surface area contributed by atoms with Crippen LogP contribution in [0.25, 0.3) is 11.1 Å². The van der Waals surface area contributed by atoms with Crippen LogP contribution in [0.1, 0.15) is 37.4 Å². The Morgan fingerprint density at radius 2 is 1.75 bits per heavy atom. The van der Waals surface area contributed by atoms with Crippen LogP contribution in [0.5, 0.6) is 28.7 Å². The van der Waals surface area contributed by atoms with Crippen molar-refractivity contribution in [3.63, 3.8) is 0 Å². The first-order valence-electron chi connectivity index (χ1n) is 14.4. The molecule has 1 unspecified atom stereocenters. The molecule has 3 aromatic rings. The quantitative estimate of drug-likeness (QED) is 0.335. The molecule has 0 bridgehead atoms. The Labute approximate surface area is 255 Å². The van der Waals surface area contributed by atoms with Gasteiger partial charge in [0.25, 0.3) is 0 Å². The van der Waals surface area contributed by atoms with Gasteiger partial charge in [0, 0.05) is 12.5 Å². The average Bonchev–Trinajstić information content (AvgIpc) is 3.26. The third-order valence-electron chi connectivity index (χ3n) is 7.75. The molecule has 2 aliphatic rings. The fourth-order valence-corrected chi connectivity index (χ4v) is 5.66. The standard InChI is InChI=1S/C33H37N3O8/c1-18(33(39)34-16-21-17-43-27-8-6-7-9-28(27)44-21)35-25-13-11-22-23(15-26(25)38)24(36-19(2)37)12-10-20-14-29(40-3)31(41-4)32(42-5)30(20)22/h6-9,11,13-15,18,21,24H,10,12,16-17H2,1-5H3,(H,34,39)(H,35,38)(H,36,37)/t18-,21?,24-/m1/s1. The van der Waals surface area contributed by atoms with Crippen molar-refractivity contribution < 1.29 is 33.3 Å². The summed E-state index contributed by atoms with van der Waals surface area (Å²) >= 11 is 0. The normalized spacial score (nSPS) is 17.1. The van der Waals surface area contributed by atoms with E-state index in [1.807, 2.05) is 36.4 Å². The summed E-state index contributed by atoms with van der Waals surface area (Å²) in [7, 11) is 4.64. The second-order valence-electron chi connectivity index (χ2n) is 10.7. The van der Waals surface area contributed by atoms with Gasteiger partial charge in [-0.05, 0) is 66.8 Å². The second kappa shape index (κ2) is 13.2. The van der Waals surface area contributed by atoms with Crippen molar-refractivity contribution in [1.82, 2.24) is 10.6 Å². The van der Waals surface area contributed by atoms with Crippen molar-refractivity contribution >= 4 is 17.5 Å². The highest BCUT2D eigenvalue weighted by Crippen LogP contribution is 2.50. The smallest absolute Gasteiger partial charge is 0.242 e. The summed E-state index contributed by atoms with van der Waals surface area (Å²) in [6.07, 6.45) is 0.783. The number of hydrogen-bond acceptors (Lipinski definition) is 9. The van der Waals surface area contributed by atoms with E-state index in [0.29, 0.717) is 59.3 Å². The van der Waals surface area contributed by atoms with Crippen molar-refractivity contribution in [2.45, 2.75) is 44.9 Å². The van der Waals surface area contributed by atoms with Crippen LogP contribution in [0.2, 0.25) is 0 Å². The number of para-hydroxylation sites is 2. The number of methoxy groups -OCH3 is 3. The molecule has 0 saturated carbocycles. The maximum atomic E-state index is 13.6. The molecule has 0 aromatic heterocycles. The third kappa shape index (κ3) is 6.22. The minimum Gasteiger partial charge on any atom is -0.493 e. The molecule has 0 radical (unpaired) electrons. The first-order valence-corrected chi connectivity index (χ1v) is 14.4. The molecule has 44 heavy (non-hydrogen) atoms. The monoisotopic (exact) mass is 603 g/mol. The van der Waals surface area contributed by atoms with Crippen LogP contribution in [0.3, 0.4) is 0 Å². The van der Waals surface area contributed by atoms with Crippen LogP contribution in [0.15, 0.2) is 53.3 Å². The largest absolute Gasteiger partial charge is 0.493 e. The van der Waals surface area contributed by atoms with E-state index in [0.717, 1.165) is 11.1 Å². The second-order valence-corrected chi connectivity index (χ2v) is 10.7. The van der Waals surface area contributed by atoms with Crippen LogP contribution < -0.4 is 45.1 Å². The molecular weight excluding hydrogens is 566 g/mol. The fraction of sp³-hybridized carbons (Fsp3) is 0.364. The van der Waals surface area contributed by atoms with Gasteiger partial charge in [0.1, 0.15) is 18.8 Å². The molecule has 1 aliphatic carbocycles. The summed E-state index contributed by atoms with van der Waals surface area (Å²) in [5.41, 5.74) is 2.90. The maximum absolute atomic E-state index is 13.6. The van der Waals surface area contributed by atoms with Crippen molar-refractivity contribution in [1.29, 1.82) is 0 Å². The summed E-state index contributed by atoms with van der Waals surface area (Å²) < 4.78 is 28.7. The zero-order valence-corrected chi connectivity index (χ0v) is 25.4. The zero-order chi connectivity index (χ0) is 31.4. The lowest BCUT2D eigenvalue weighted by Crippen LogP contribution is -2.45. The van der Waals surface area contributed by atoms with E-state index in [2.05, 4.69) is 16.0 Å². The van der Waals surface area contributed by atoms with E-state index >= 15 is 0 Å². The van der Waals surface area contributed by atoms with Gasteiger partial charge in [-0.2, -0.15) is 0 Å². The van der Waals surface area contributed by atoms with Gasteiger partial charge in [-0.3, -0.25) is 14.4 Å². The number of benzene rings is 2. The number of ether oxygens (including phenoxy) is 5. The van der Waals surface area contributed by atoms with Crippen LogP contribution in [0, 0.1) is 0 Å². The van der Waals surface area contributed by atoms with Gasteiger partial charge < -0.3 is 39.6 Å². The minimum atomic E-state index is -0.737. The first-order chi connectivity index (χ1) is 21.2. The highest BCUT2D eigenvalue weighted by molar-refractivity contribution is 5.85. The lowest BCUT2D eigenvalue weighted by Gasteiger charge is -2.27. The van der Waals surface area contributed by atoms with Gasteiger partial charge in [-0.1, -0.05) is 18.2 Å². The highest BCUT2D eigenvalue weighted by atomic mass is 16.6. The number of fused-ring (bicyclic) bond motifs is 4. The van der Waals surface area contributed by atoms with Crippen LogP contribution in [0.4, 0.5) is 5.69 Å². The number of carbonyl (C=O) groups is 2. The maximum Gasteiger partial charge on any atom is 0.242 e. The Morgan fingerprint density at radius 1 is 1.00 bits per heavy atom. The summed E-state index contributed by atoms with van der Waals surface area (Å²) in [5.74, 6) is 2.18. The third-order valence-corrected chi connectivity index (χ3v) is 7.75. The van der Waals surface area contributed by atoms with Crippen LogP contribution in [-0.2, 0) is 16.0 Å². The molecule has 3 aromatic carbocycles. The van der Waals surface area contributed by atoms with Gasteiger partial charge in [0.2, 0.25) is 23.0 Å². The molecule has 2 amide bonds. The van der Waals surface area contributed by atoms with E-state index in [1.54, 1.807) is 27.2 Å². The molecule has 5 rings (SSSR count). The highest BCUT2D eigenvalue weighted by Gasteiger charge is 2.30. The van der Waals surface area contributed by atoms with E-state index in [-0.39, 0.29) is 35.6 Å². The fourth-order valence-electron chi connectivity index (χ4n) is 5.66. The molecule has 3 N–H and O–H groups in total. The molecule has 1 aliphatic heterocycles. The summed E-state index contributed by atoms with van der Waals surface area (Å²) in [5, 5.41) is 8.93. The molecule has 11 heteroatoms. The van der Waals surface area contributed by atoms with Gasteiger partial charge in [0.15, 0.2) is 23.0 Å². The number of rotatable bonds is 9. The Hall–Kier alpha value is -4.93. The number of anilines is 1. The van der Waals surface area contributed by atoms with E-state index in [9.17, 15) is 14.4 Å². The Morgan fingerprint density at radius 3 is 2.45 bits per heavy atom. The van der Waals surface area contributed by atoms with Gasteiger partial charge >= 0.3 is 0 Å². The molecule has 0 spiro atoms. The zero-order valence-electron chi connectivity index (χ0n) is 25.4. The molecule has 0 fully saturated rings. The van der Waals surface area contributed by atoms with Crippen LogP contribution in [-0.4, -0.2) is 58.4 Å². The lowest BCUT2D eigenvalue weighted by molar-refractivity contribution is -0.122. The molecule has 1 heterocycles. The Kier molecular flexibility index (Phi) is 9.12. The van der Waals surface area contributed by atoms with E-state index in [4.69, 9.17) is 23.7 Å². The predicted molar refractivity (Wildman–Crippen MR) is 165 cm³/mol. The van der Waals surface area contributed by atoms with Crippen molar-refractivity contribution in [3.8, 4) is 39.9 Å². The predicted octanol–water partition coefficient (Wildman–Crippen LogP) is 3.62. The number of aryl methyl sites for hydroxylation is 1. The summed E-state index contributed by atoms with van der Waals surface area (Å²) in [6.45, 7) is 3.67. The molecule has 11 nitrogen and oxygen atoms in total. The Bertz CT molecular complexity index is 1630. The van der Waals surface area contributed by atoms with E-state index in [1.165, 1.54) is 20.1 Å². The lowest BCUT2D eigenvalue weighted by atomic mass is 9.95. The van der Waals surface area contributed by atoms with Crippen molar-refractivity contribution in [3.05, 3.63) is 69.9 Å².